The molecule has 106 valence electrons. The van der Waals surface area contributed by atoms with Crippen molar-refractivity contribution in [2.45, 2.75) is 33.1 Å². The first-order valence-electron chi connectivity index (χ1n) is 7.23. The van der Waals surface area contributed by atoms with Crippen LogP contribution >= 0.6 is 15.9 Å². The van der Waals surface area contributed by atoms with Gasteiger partial charge >= 0.3 is 0 Å². The molecule has 1 N–H and O–H groups in total. The van der Waals surface area contributed by atoms with Crippen LogP contribution in [0.1, 0.15) is 31.7 Å². The molecule has 1 aliphatic rings. The highest BCUT2D eigenvalue weighted by atomic mass is 79.9. The fourth-order valence-corrected chi connectivity index (χ4v) is 2.78. The van der Waals surface area contributed by atoms with Crippen LogP contribution < -0.4 is 5.32 Å². The Kier molecular flexibility index (Phi) is 5.64. The third-order valence-electron chi connectivity index (χ3n) is 3.70. The largest absolute Gasteiger partial charge is 0.370 e. The first-order valence-corrected chi connectivity index (χ1v) is 8.03. The van der Waals surface area contributed by atoms with Crippen LogP contribution in [-0.2, 0) is 0 Å². The Balaban J connectivity index is 1.75. The molecule has 0 spiro atoms. The molecule has 0 aliphatic carbocycles. The van der Waals surface area contributed by atoms with Crippen LogP contribution in [-0.4, -0.2) is 36.1 Å². The molecule has 4 heteroatoms. The number of anilines is 1. The monoisotopic (exact) mass is 325 g/mol. The van der Waals surface area contributed by atoms with Crippen molar-refractivity contribution >= 4 is 21.7 Å². The third-order valence-corrected chi connectivity index (χ3v) is 4.53. The van der Waals surface area contributed by atoms with Crippen LogP contribution in [0, 0.1) is 12.8 Å². The summed E-state index contributed by atoms with van der Waals surface area (Å²) < 4.78 is 1.07. The Morgan fingerprint density at radius 1 is 1.37 bits per heavy atom. The van der Waals surface area contributed by atoms with E-state index in [0.29, 0.717) is 5.92 Å². The van der Waals surface area contributed by atoms with Gasteiger partial charge in [-0.15, -0.1) is 0 Å². The maximum absolute atomic E-state index is 4.39. The predicted molar refractivity (Wildman–Crippen MR) is 84.6 cm³/mol. The second-order valence-electron chi connectivity index (χ2n) is 5.67. The highest BCUT2D eigenvalue weighted by Crippen LogP contribution is 2.17. The number of nitrogens with zero attached hydrogens (tertiary/aromatic N) is 2. The minimum Gasteiger partial charge on any atom is -0.370 e. The lowest BCUT2D eigenvalue weighted by atomic mass is 10.1. The van der Waals surface area contributed by atoms with Gasteiger partial charge in [0.1, 0.15) is 5.82 Å². The molecular formula is C15H24BrN3. The van der Waals surface area contributed by atoms with Crippen LogP contribution in [0.15, 0.2) is 16.7 Å². The number of rotatable bonds is 5. The summed E-state index contributed by atoms with van der Waals surface area (Å²) >= 11 is 3.48. The first-order chi connectivity index (χ1) is 9.15. The second kappa shape index (κ2) is 7.25. The summed E-state index contributed by atoms with van der Waals surface area (Å²) in [5, 5.41) is 3.44. The van der Waals surface area contributed by atoms with Gasteiger partial charge in [-0.3, -0.25) is 0 Å². The smallest absolute Gasteiger partial charge is 0.126 e. The molecular weight excluding hydrogens is 302 g/mol. The van der Waals surface area contributed by atoms with E-state index in [-0.39, 0.29) is 0 Å². The molecule has 3 nitrogen and oxygen atoms in total. The van der Waals surface area contributed by atoms with Gasteiger partial charge in [0.2, 0.25) is 0 Å². The van der Waals surface area contributed by atoms with Crippen LogP contribution in [0.2, 0.25) is 0 Å². The summed E-state index contributed by atoms with van der Waals surface area (Å²) in [5.74, 6) is 1.63. The summed E-state index contributed by atoms with van der Waals surface area (Å²) in [6.07, 6.45) is 6.01. The van der Waals surface area contributed by atoms with Crippen molar-refractivity contribution in [2.75, 3.05) is 31.5 Å². The Morgan fingerprint density at radius 3 is 2.79 bits per heavy atom. The van der Waals surface area contributed by atoms with Gasteiger partial charge in [0.05, 0.1) is 0 Å². The van der Waals surface area contributed by atoms with Crippen LogP contribution in [0.5, 0.6) is 0 Å². The summed E-state index contributed by atoms with van der Waals surface area (Å²) in [4.78, 5) is 6.98. The van der Waals surface area contributed by atoms with E-state index in [1.807, 2.05) is 6.20 Å². The molecule has 0 saturated carbocycles. The Morgan fingerprint density at radius 2 is 2.11 bits per heavy atom. The molecule has 1 aliphatic heterocycles. The number of halogens is 1. The van der Waals surface area contributed by atoms with Crippen molar-refractivity contribution in [1.29, 1.82) is 0 Å². The fourth-order valence-electron chi connectivity index (χ4n) is 2.56. The van der Waals surface area contributed by atoms with Gasteiger partial charge in [0.25, 0.3) is 0 Å². The summed E-state index contributed by atoms with van der Waals surface area (Å²) in [7, 11) is 0. The highest BCUT2D eigenvalue weighted by Gasteiger charge is 2.13. The van der Waals surface area contributed by atoms with Crippen molar-refractivity contribution in [2.24, 2.45) is 5.92 Å². The molecule has 1 unspecified atom stereocenters. The van der Waals surface area contributed by atoms with Crippen LogP contribution in [0.25, 0.3) is 0 Å². The zero-order chi connectivity index (χ0) is 13.7. The molecule has 1 saturated heterocycles. The summed E-state index contributed by atoms with van der Waals surface area (Å²) in [5.41, 5.74) is 1.22. The molecule has 1 aromatic rings. The van der Waals surface area contributed by atoms with E-state index in [9.17, 15) is 0 Å². The molecule has 1 aromatic heterocycles. The number of aromatic nitrogens is 1. The number of hydrogen-bond acceptors (Lipinski definition) is 3. The summed E-state index contributed by atoms with van der Waals surface area (Å²) in [6.45, 7) is 9.15. The van der Waals surface area contributed by atoms with Gasteiger partial charge in [-0.2, -0.15) is 0 Å². The average molecular weight is 326 g/mol. The first kappa shape index (κ1) is 14.8. The lowest BCUT2D eigenvalue weighted by Gasteiger charge is -2.29. The lowest BCUT2D eigenvalue weighted by Crippen LogP contribution is -2.35. The molecule has 0 radical (unpaired) electrons. The lowest BCUT2D eigenvalue weighted by molar-refractivity contribution is 0.204. The van der Waals surface area contributed by atoms with Gasteiger partial charge in [-0.1, -0.05) is 13.3 Å². The standard InChI is InChI=1S/C15H24BrN3/c1-12(11-19-6-4-3-5-7-19)9-17-15-8-13(2)14(16)10-18-15/h8,10,12H,3-7,9,11H2,1-2H3,(H,17,18). The average Bonchev–Trinajstić information content (AvgIpc) is 2.41. The van der Waals surface area contributed by atoms with Gasteiger partial charge < -0.3 is 10.2 Å². The maximum Gasteiger partial charge on any atom is 0.126 e. The number of likely N-dealkylation sites (tertiary alicyclic amines) is 1. The van der Waals surface area contributed by atoms with E-state index in [1.165, 1.54) is 44.5 Å². The molecule has 1 atom stereocenters. The summed E-state index contributed by atoms with van der Waals surface area (Å²) in [6, 6.07) is 2.09. The van der Waals surface area contributed by atoms with E-state index in [1.54, 1.807) is 0 Å². The van der Waals surface area contributed by atoms with Crippen molar-refractivity contribution in [3.8, 4) is 0 Å². The SMILES string of the molecule is Cc1cc(NCC(C)CN2CCCCC2)ncc1Br. The zero-order valence-corrected chi connectivity index (χ0v) is 13.5. The highest BCUT2D eigenvalue weighted by molar-refractivity contribution is 9.10. The topological polar surface area (TPSA) is 28.2 Å². The molecule has 2 rings (SSSR count). The third kappa shape index (κ3) is 4.77. The van der Waals surface area contributed by atoms with E-state index in [2.05, 4.69) is 51.0 Å². The van der Waals surface area contributed by atoms with Crippen molar-refractivity contribution in [1.82, 2.24) is 9.88 Å². The Bertz CT molecular complexity index is 402. The zero-order valence-electron chi connectivity index (χ0n) is 12.0. The Labute approximate surface area is 124 Å². The van der Waals surface area contributed by atoms with Crippen molar-refractivity contribution in [3.63, 3.8) is 0 Å². The normalized spacial score (nSPS) is 18.3. The van der Waals surface area contributed by atoms with Gasteiger partial charge in [0, 0.05) is 23.8 Å². The number of pyridine rings is 1. The van der Waals surface area contributed by atoms with E-state index >= 15 is 0 Å². The fraction of sp³-hybridized carbons (Fsp3) is 0.667. The number of nitrogens with one attached hydrogen (secondary N) is 1. The van der Waals surface area contributed by atoms with Crippen LogP contribution in [0.4, 0.5) is 5.82 Å². The van der Waals surface area contributed by atoms with Crippen molar-refractivity contribution in [3.05, 3.63) is 22.3 Å². The molecule has 0 amide bonds. The van der Waals surface area contributed by atoms with E-state index in [0.717, 1.165) is 16.8 Å². The predicted octanol–water partition coefficient (Wildman–Crippen LogP) is 3.69. The number of piperidine rings is 1. The minimum absolute atomic E-state index is 0.656. The van der Waals surface area contributed by atoms with E-state index in [4.69, 9.17) is 0 Å². The number of hydrogen-bond donors (Lipinski definition) is 1. The molecule has 0 bridgehead atoms. The molecule has 19 heavy (non-hydrogen) atoms. The van der Waals surface area contributed by atoms with Gasteiger partial charge in [0.15, 0.2) is 0 Å². The van der Waals surface area contributed by atoms with Gasteiger partial charge in [-0.25, -0.2) is 4.98 Å². The molecule has 1 fully saturated rings. The van der Waals surface area contributed by atoms with Crippen LogP contribution in [0.3, 0.4) is 0 Å². The van der Waals surface area contributed by atoms with Crippen molar-refractivity contribution < 1.29 is 0 Å². The quantitative estimate of drug-likeness (QED) is 0.894. The molecule has 0 aromatic carbocycles. The maximum atomic E-state index is 4.39. The number of aryl methyl sites for hydroxylation is 1. The second-order valence-corrected chi connectivity index (χ2v) is 6.52. The minimum atomic E-state index is 0.656. The Hall–Kier alpha value is -0.610. The molecule has 2 heterocycles. The van der Waals surface area contributed by atoms with E-state index < -0.39 is 0 Å². The van der Waals surface area contributed by atoms with Gasteiger partial charge in [-0.05, 0) is 66.3 Å².